The summed E-state index contributed by atoms with van der Waals surface area (Å²) in [6, 6.07) is 9.13. The van der Waals surface area contributed by atoms with E-state index in [4.69, 9.17) is 11.5 Å². The Kier molecular flexibility index (Phi) is 7.80. The summed E-state index contributed by atoms with van der Waals surface area (Å²) >= 11 is 0. The molecular formula is C22H37N3. The Bertz CT molecular complexity index is 536. The van der Waals surface area contributed by atoms with Gasteiger partial charge in [-0.2, -0.15) is 0 Å². The predicted octanol–water partition coefficient (Wildman–Crippen LogP) is 4.82. The molecular weight excluding hydrogens is 306 g/mol. The number of aliphatic imine (C=N–C) groups is 1. The number of nitrogens with two attached hydrogens (primary N) is 2. The molecule has 3 nitrogen and oxygen atoms in total. The summed E-state index contributed by atoms with van der Waals surface area (Å²) < 4.78 is 0. The highest BCUT2D eigenvalue weighted by Gasteiger charge is 2.42. The third-order valence-electron chi connectivity index (χ3n) is 5.76. The van der Waals surface area contributed by atoms with Crippen molar-refractivity contribution >= 4 is 5.96 Å². The van der Waals surface area contributed by atoms with Crippen LogP contribution in [0.15, 0.2) is 29.3 Å². The van der Waals surface area contributed by atoms with Gasteiger partial charge in [0.25, 0.3) is 0 Å². The quantitative estimate of drug-likeness (QED) is 0.324. The van der Waals surface area contributed by atoms with Gasteiger partial charge in [-0.05, 0) is 73.8 Å². The minimum absolute atomic E-state index is 0.192. The van der Waals surface area contributed by atoms with Gasteiger partial charge in [-0.3, -0.25) is 4.99 Å². The van der Waals surface area contributed by atoms with Crippen LogP contribution in [-0.2, 0) is 12.8 Å². The molecule has 0 unspecified atom stereocenters. The molecule has 0 aliphatic heterocycles. The van der Waals surface area contributed by atoms with Crippen molar-refractivity contribution in [3.8, 4) is 0 Å². The number of hydrogen-bond acceptors (Lipinski definition) is 1. The summed E-state index contributed by atoms with van der Waals surface area (Å²) in [5.41, 5.74) is 14.3. The van der Waals surface area contributed by atoms with Gasteiger partial charge >= 0.3 is 0 Å². The van der Waals surface area contributed by atoms with E-state index in [1.807, 2.05) is 0 Å². The van der Waals surface area contributed by atoms with Crippen LogP contribution in [0.4, 0.5) is 0 Å². The lowest BCUT2D eigenvalue weighted by atomic mass is 9.71. The summed E-state index contributed by atoms with van der Waals surface area (Å²) in [6.45, 7) is 5.42. The van der Waals surface area contributed by atoms with Gasteiger partial charge in [0, 0.05) is 6.54 Å². The lowest BCUT2D eigenvalue weighted by Gasteiger charge is -2.34. The smallest absolute Gasteiger partial charge is 0.185 e. The van der Waals surface area contributed by atoms with Crippen molar-refractivity contribution < 1.29 is 0 Å². The van der Waals surface area contributed by atoms with E-state index in [0.717, 1.165) is 18.8 Å². The van der Waals surface area contributed by atoms with E-state index in [1.165, 1.54) is 62.5 Å². The molecule has 3 heteroatoms. The zero-order valence-corrected chi connectivity index (χ0v) is 16.3. The van der Waals surface area contributed by atoms with Crippen molar-refractivity contribution in [1.29, 1.82) is 0 Å². The van der Waals surface area contributed by atoms with Crippen LogP contribution in [0.1, 0.15) is 76.3 Å². The molecule has 0 heterocycles. The highest BCUT2D eigenvalue weighted by atomic mass is 15.0. The lowest BCUT2D eigenvalue weighted by molar-refractivity contribution is 0.174. The van der Waals surface area contributed by atoms with Crippen LogP contribution in [0.5, 0.6) is 0 Å². The normalized spacial score (nSPS) is 14.5. The van der Waals surface area contributed by atoms with Crippen molar-refractivity contribution in [2.45, 2.75) is 78.1 Å². The standard InChI is InChI=1S/C22H37N3/c1-3-13-22(14-4-2,20-10-11-20)15-12-19-8-5-7-18(17-19)9-6-16-25-21(23)24/h5,7-8,17,20H,3-4,6,9-16H2,1-2H3,(H4,23,24,25). The largest absolute Gasteiger partial charge is 0.370 e. The molecule has 1 fully saturated rings. The Balaban J connectivity index is 1.92. The monoisotopic (exact) mass is 343 g/mol. The molecule has 1 aromatic rings. The summed E-state index contributed by atoms with van der Waals surface area (Å²) in [5.74, 6) is 1.19. The molecule has 1 aliphatic carbocycles. The molecule has 0 saturated heterocycles. The summed E-state index contributed by atoms with van der Waals surface area (Å²) in [6.07, 6.45) is 13.0. The molecule has 0 radical (unpaired) electrons. The zero-order valence-electron chi connectivity index (χ0n) is 16.3. The fourth-order valence-electron chi connectivity index (χ4n) is 4.50. The molecule has 0 atom stereocenters. The van der Waals surface area contributed by atoms with Gasteiger partial charge in [0.05, 0.1) is 0 Å². The Labute approximate surface area is 154 Å². The maximum absolute atomic E-state index is 5.38. The molecule has 1 saturated carbocycles. The number of rotatable bonds is 12. The van der Waals surface area contributed by atoms with Gasteiger partial charge in [0.2, 0.25) is 0 Å². The highest BCUT2D eigenvalue weighted by molar-refractivity contribution is 5.75. The molecule has 25 heavy (non-hydrogen) atoms. The van der Waals surface area contributed by atoms with Crippen LogP contribution in [-0.4, -0.2) is 12.5 Å². The van der Waals surface area contributed by atoms with Crippen LogP contribution in [0.2, 0.25) is 0 Å². The number of benzene rings is 1. The van der Waals surface area contributed by atoms with E-state index in [0.29, 0.717) is 12.0 Å². The van der Waals surface area contributed by atoms with Crippen LogP contribution >= 0.6 is 0 Å². The maximum atomic E-state index is 5.38. The van der Waals surface area contributed by atoms with E-state index in [9.17, 15) is 0 Å². The Hall–Kier alpha value is -1.51. The SMILES string of the molecule is CCCC(CCC)(CCc1cccc(CCCN=C(N)N)c1)C1CC1. The summed E-state index contributed by atoms with van der Waals surface area (Å²) in [5, 5.41) is 0. The van der Waals surface area contributed by atoms with Gasteiger partial charge in [-0.25, -0.2) is 0 Å². The van der Waals surface area contributed by atoms with Gasteiger partial charge < -0.3 is 11.5 Å². The Morgan fingerprint density at radius 1 is 1.04 bits per heavy atom. The van der Waals surface area contributed by atoms with Crippen molar-refractivity contribution in [3.05, 3.63) is 35.4 Å². The molecule has 140 valence electrons. The van der Waals surface area contributed by atoms with Crippen molar-refractivity contribution in [1.82, 2.24) is 0 Å². The van der Waals surface area contributed by atoms with Crippen molar-refractivity contribution in [2.24, 2.45) is 27.8 Å². The average molecular weight is 344 g/mol. The number of aryl methyl sites for hydroxylation is 2. The molecule has 0 aromatic heterocycles. The molecule has 1 aliphatic rings. The first kappa shape index (κ1) is 19.8. The third kappa shape index (κ3) is 6.37. The molecule has 4 N–H and O–H groups in total. The fourth-order valence-corrected chi connectivity index (χ4v) is 4.50. The van der Waals surface area contributed by atoms with Crippen LogP contribution in [0.25, 0.3) is 0 Å². The van der Waals surface area contributed by atoms with E-state index in [1.54, 1.807) is 0 Å². The first-order chi connectivity index (χ1) is 12.1. The summed E-state index contributed by atoms with van der Waals surface area (Å²) in [7, 11) is 0. The first-order valence-corrected chi connectivity index (χ1v) is 10.2. The van der Waals surface area contributed by atoms with E-state index in [-0.39, 0.29) is 5.96 Å². The van der Waals surface area contributed by atoms with Gasteiger partial charge in [-0.1, -0.05) is 51.0 Å². The van der Waals surface area contributed by atoms with Gasteiger partial charge in [0.15, 0.2) is 5.96 Å². The molecule has 1 aromatic carbocycles. The van der Waals surface area contributed by atoms with Crippen molar-refractivity contribution in [3.63, 3.8) is 0 Å². The van der Waals surface area contributed by atoms with Crippen molar-refractivity contribution in [2.75, 3.05) is 6.54 Å². The topological polar surface area (TPSA) is 64.4 Å². The van der Waals surface area contributed by atoms with E-state index in [2.05, 4.69) is 43.1 Å². The Morgan fingerprint density at radius 3 is 2.24 bits per heavy atom. The van der Waals surface area contributed by atoms with Crippen LogP contribution in [0, 0.1) is 11.3 Å². The predicted molar refractivity (Wildman–Crippen MR) is 109 cm³/mol. The highest BCUT2D eigenvalue weighted by Crippen LogP contribution is 2.53. The van der Waals surface area contributed by atoms with Crippen LogP contribution in [0.3, 0.4) is 0 Å². The molecule has 0 bridgehead atoms. The minimum atomic E-state index is 0.192. The number of guanidine groups is 1. The second-order valence-corrected chi connectivity index (χ2v) is 7.87. The number of hydrogen-bond donors (Lipinski definition) is 2. The van der Waals surface area contributed by atoms with E-state index >= 15 is 0 Å². The zero-order chi connectivity index (χ0) is 18.1. The second kappa shape index (κ2) is 9.84. The van der Waals surface area contributed by atoms with Gasteiger partial charge in [0.1, 0.15) is 0 Å². The molecule has 2 rings (SSSR count). The summed E-state index contributed by atoms with van der Waals surface area (Å²) in [4.78, 5) is 4.07. The minimum Gasteiger partial charge on any atom is -0.370 e. The fraction of sp³-hybridized carbons (Fsp3) is 0.682. The average Bonchev–Trinajstić information content (AvgIpc) is 3.43. The maximum Gasteiger partial charge on any atom is 0.185 e. The van der Waals surface area contributed by atoms with Gasteiger partial charge in [-0.15, -0.1) is 0 Å². The van der Waals surface area contributed by atoms with Crippen LogP contribution < -0.4 is 11.5 Å². The Morgan fingerprint density at radius 2 is 1.68 bits per heavy atom. The third-order valence-corrected chi connectivity index (χ3v) is 5.76. The number of nitrogens with zero attached hydrogens (tertiary/aromatic N) is 1. The molecule has 0 amide bonds. The lowest BCUT2D eigenvalue weighted by Crippen LogP contribution is -2.24. The second-order valence-electron chi connectivity index (χ2n) is 7.87. The molecule has 0 spiro atoms. The van der Waals surface area contributed by atoms with E-state index < -0.39 is 0 Å². The first-order valence-electron chi connectivity index (χ1n) is 10.2.